The van der Waals surface area contributed by atoms with Gasteiger partial charge in [-0.05, 0) is 32.3 Å². The minimum Gasteiger partial charge on any atom is -0.481 e. The predicted octanol–water partition coefficient (Wildman–Crippen LogP) is 5.24. The molecule has 0 amide bonds. The van der Waals surface area contributed by atoms with E-state index in [1.165, 1.54) is 0 Å². The summed E-state index contributed by atoms with van der Waals surface area (Å²) in [5.74, 6) is -0.598. The fourth-order valence-corrected chi connectivity index (χ4v) is 2.40. The number of carboxylic acids is 1. The van der Waals surface area contributed by atoms with Gasteiger partial charge in [0.2, 0.25) is 0 Å². The standard InChI is InChI=1S/C21H34O4/c1-3-14-20(25-4-2)17-12-9-8-11-16-19(22)15-10-6-5-7-13-18-21(23)24/h8-9,11-12,16-17,20H,3-7,10,13-15,18H2,1-2H3,(H,23,24). The highest BCUT2D eigenvalue weighted by Gasteiger charge is 2.00. The van der Waals surface area contributed by atoms with Crippen LogP contribution < -0.4 is 0 Å². The zero-order chi connectivity index (χ0) is 18.8. The summed E-state index contributed by atoms with van der Waals surface area (Å²) < 4.78 is 5.60. The van der Waals surface area contributed by atoms with Crippen LogP contribution in [0.4, 0.5) is 0 Å². The summed E-state index contributed by atoms with van der Waals surface area (Å²) in [4.78, 5) is 22.1. The third-order valence-corrected chi connectivity index (χ3v) is 3.71. The van der Waals surface area contributed by atoms with Gasteiger partial charge >= 0.3 is 5.97 Å². The summed E-state index contributed by atoms with van der Waals surface area (Å²) >= 11 is 0. The topological polar surface area (TPSA) is 63.6 Å². The van der Waals surface area contributed by atoms with Crippen molar-refractivity contribution in [2.24, 2.45) is 0 Å². The predicted molar refractivity (Wildman–Crippen MR) is 103 cm³/mol. The van der Waals surface area contributed by atoms with Crippen LogP contribution >= 0.6 is 0 Å². The van der Waals surface area contributed by atoms with Crippen molar-refractivity contribution in [1.82, 2.24) is 0 Å². The monoisotopic (exact) mass is 350 g/mol. The summed E-state index contributed by atoms with van der Waals surface area (Å²) in [6, 6.07) is 0. The van der Waals surface area contributed by atoms with Gasteiger partial charge in [-0.1, -0.05) is 63.0 Å². The third-order valence-electron chi connectivity index (χ3n) is 3.71. The van der Waals surface area contributed by atoms with Crippen LogP contribution in [-0.2, 0) is 14.3 Å². The second kappa shape index (κ2) is 17.2. The maximum absolute atomic E-state index is 11.7. The van der Waals surface area contributed by atoms with E-state index in [4.69, 9.17) is 9.84 Å². The van der Waals surface area contributed by atoms with Crippen molar-refractivity contribution in [1.29, 1.82) is 0 Å². The molecule has 0 bridgehead atoms. The molecule has 0 aromatic carbocycles. The molecule has 1 N–H and O–H groups in total. The molecule has 0 aliphatic rings. The third kappa shape index (κ3) is 16.9. The smallest absolute Gasteiger partial charge is 0.303 e. The molecule has 25 heavy (non-hydrogen) atoms. The molecule has 0 fully saturated rings. The molecule has 4 nitrogen and oxygen atoms in total. The van der Waals surface area contributed by atoms with Gasteiger partial charge in [0.05, 0.1) is 6.10 Å². The van der Waals surface area contributed by atoms with Crippen molar-refractivity contribution in [2.45, 2.75) is 77.7 Å². The van der Waals surface area contributed by atoms with Crippen molar-refractivity contribution in [3.05, 3.63) is 36.5 Å². The largest absolute Gasteiger partial charge is 0.481 e. The highest BCUT2D eigenvalue weighted by Crippen LogP contribution is 2.08. The van der Waals surface area contributed by atoms with Crippen LogP contribution in [-0.4, -0.2) is 29.6 Å². The Labute approximate surface area is 152 Å². The van der Waals surface area contributed by atoms with E-state index in [2.05, 4.69) is 6.92 Å². The molecule has 0 saturated heterocycles. The van der Waals surface area contributed by atoms with Gasteiger partial charge in [-0.3, -0.25) is 9.59 Å². The Morgan fingerprint density at radius 3 is 2.20 bits per heavy atom. The lowest BCUT2D eigenvalue weighted by atomic mass is 10.1. The molecular formula is C21H34O4. The van der Waals surface area contributed by atoms with E-state index in [1.54, 1.807) is 12.2 Å². The molecule has 0 saturated carbocycles. The van der Waals surface area contributed by atoms with Gasteiger partial charge in [0.15, 0.2) is 5.78 Å². The average molecular weight is 350 g/mol. The van der Waals surface area contributed by atoms with Gasteiger partial charge < -0.3 is 9.84 Å². The van der Waals surface area contributed by atoms with E-state index in [9.17, 15) is 9.59 Å². The van der Waals surface area contributed by atoms with Gasteiger partial charge in [-0.25, -0.2) is 0 Å². The Morgan fingerprint density at radius 2 is 1.56 bits per heavy atom. The number of aliphatic carboxylic acids is 1. The fraction of sp³-hybridized carbons (Fsp3) is 0.619. The number of ether oxygens (including phenoxy) is 1. The number of hydrogen-bond acceptors (Lipinski definition) is 3. The second-order valence-corrected chi connectivity index (χ2v) is 6.04. The molecule has 0 aromatic rings. The molecule has 1 unspecified atom stereocenters. The SMILES string of the molecule is CCCC(C=CC=CC=CC(=O)CCCCCCCC(=O)O)OCC. The number of allylic oxidation sites excluding steroid dienone is 5. The molecule has 0 rings (SSSR count). The number of rotatable bonds is 16. The van der Waals surface area contributed by atoms with Crippen LogP contribution in [0.5, 0.6) is 0 Å². The molecule has 0 radical (unpaired) electrons. The van der Waals surface area contributed by atoms with Crippen LogP contribution in [0.15, 0.2) is 36.5 Å². The normalized spacial score (nSPS) is 13.2. The number of carbonyl (C=O) groups excluding carboxylic acids is 1. The average Bonchev–Trinajstić information content (AvgIpc) is 2.57. The first-order valence-corrected chi connectivity index (χ1v) is 9.47. The molecule has 142 valence electrons. The van der Waals surface area contributed by atoms with Crippen LogP contribution in [0.1, 0.15) is 71.6 Å². The van der Waals surface area contributed by atoms with E-state index >= 15 is 0 Å². The molecular weight excluding hydrogens is 316 g/mol. The Bertz CT molecular complexity index is 429. The van der Waals surface area contributed by atoms with Crippen molar-refractivity contribution in [2.75, 3.05) is 6.61 Å². The lowest BCUT2D eigenvalue weighted by Gasteiger charge is -2.10. The number of ketones is 1. The van der Waals surface area contributed by atoms with E-state index in [0.29, 0.717) is 13.0 Å². The van der Waals surface area contributed by atoms with Gasteiger partial charge in [0.25, 0.3) is 0 Å². The van der Waals surface area contributed by atoms with E-state index in [0.717, 1.165) is 44.9 Å². The maximum Gasteiger partial charge on any atom is 0.303 e. The highest BCUT2D eigenvalue weighted by molar-refractivity contribution is 5.89. The fourth-order valence-electron chi connectivity index (χ4n) is 2.40. The minimum atomic E-state index is -0.734. The van der Waals surface area contributed by atoms with Gasteiger partial charge in [-0.2, -0.15) is 0 Å². The number of hydrogen-bond donors (Lipinski definition) is 1. The zero-order valence-electron chi connectivity index (χ0n) is 15.8. The Balaban J connectivity index is 3.78. The molecule has 0 aliphatic carbocycles. The summed E-state index contributed by atoms with van der Waals surface area (Å²) in [7, 11) is 0. The number of carbonyl (C=O) groups is 2. The van der Waals surface area contributed by atoms with Crippen LogP contribution in [0.3, 0.4) is 0 Å². The van der Waals surface area contributed by atoms with Crippen molar-refractivity contribution in [3.8, 4) is 0 Å². The first-order chi connectivity index (χ1) is 12.1. The summed E-state index contributed by atoms with van der Waals surface area (Å²) in [6.45, 7) is 4.85. The van der Waals surface area contributed by atoms with Gasteiger partial charge in [0.1, 0.15) is 0 Å². The summed E-state index contributed by atoms with van der Waals surface area (Å²) in [5.41, 5.74) is 0. The lowest BCUT2D eigenvalue weighted by Crippen LogP contribution is -2.08. The first-order valence-electron chi connectivity index (χ1n) is 9.47. The first kappa shape index (κ1) is 23.3. The molecule has 1 atom stereocenters. The number of carboxylic acid groups (broad SMARTS) is 1. The zero-order valence-corrected chi connectivity index (χ0v) is 15.8. The van der Waals surface area contributed by atoms with Gasteiger partial charge in [-0.15, -0.1) is 0 Å². The van der Waals surface area contributed by atoms with Crippen molar-refractivity contribution in [3.63, 3.8) is 0 Å². The van der Waals surface area contributed by atoms with Gasteiger partial charge in [0, 0.05) is 19.4 Å². The molecule has 0 heterocycles. The maximum atomic E-state index is 11.7. The molecule has 0 spiro atoms. The lowest BCUT2D eigenvalue weighted by molar-refractivity contribution is -0.137. The Kier molecular flexibility index (Phi) is 16.0. The van der Waals surface area contributed by atoms with E-state index in [1.807, 2.05) is 31.2 Å². The highest BCUT2D eigenvalue weighted by atomic mass is 16.5. The van der Waals surface area contributed by atoms with Crippen molar-refractivity contribution >= 4 is 11.8 Å². The van der Waals surface area contributed by atoms with E-state index in [-0.39, 0.29) is 18.3 Å². The molecule has 0 aromatic heterocycles. The van der Waals surface area contributed by atoms with E-state index < -0.39 is 5.97 Å². The van der Waals surface area contributed by atoms with Crippen molar-refractivity contribution < 1.29 is 19.4 Å². The Morgan fingerprint density at radius 1 is 0.920 bits per heavy atom. The Hall–Kier alpha value is -1.68. The van der Waals surface area contributed by atoms with Crippen LogP contribution in [0, 0.1) is 0 Å². The summed E-state index contributed by atoms with van der Waals surface area (Å²) in [6.07, 6.45) is 18.7. The second-order valence-electron chi connectivity index (χ2n) is 6.04. The molecule has 0 aliphatic heterocycles. The molecule has 4 heteroatoms. The van der Waals surface area contributed by atoms with Crippen LogP contribution in [0.2, 0.25) is 0 Å². The number of unbranched alkanes of at least 4 members (excludes halogenated alkanes) is 4. The summed E-state index contributed by atoms with van der Waals surface area (Å²) in [5, 5.41) is 8.53. The van der Waals surface area contributed by atoms with Crippen LogP contribution in [0.25, 0.3) is 0 Å². The quantitative estimate of drug-likeness (QED) is 0.235. The minimum absolute atomic E-state index is 0.136.